The standard InChI is InChI=1S/C18H13Cl2NO.2ClO.Cu/c19-15-9-7-13(8-10-15)18(22,14-4-3-11-21-12-14)16-5-1-2-6-17(16)20;2*1-2;/h1-12,22H;;;/q;2*-1;+2. The Balaban J connectivity index is 0.00000127. The molecule has 3 aromatic rings. The van der Waals surface area contributed by atoms with Gasteiger partial charge in [-0.05, 0) is 29.8 Å². The molecule has 147 valence electrons. The van der Waals surface area contributed by atoms with Crippen molar-refractivity contribution in [2.45, 2.75) is 5.60 Å². The number of aliphatic hydroxyl groups is 1. The summed E-state index contributed by atoms with van der Waals surface area (Å²) in [6.45, 7) is 0. The van der Waals surface area contributed by atoms with Crippen molar-refractivity contribution in [3.05, 3.63) is 99.8 Å². The van der Waals surface area contributed by atoms with Crippen LogP contribution in [0.1, 0.15) is 16.7 Å². The molecule has 1 atom stereocenters. The smallest absolute Gasteiger partial charge is 0.769 e. The summed E-state index contributed by atoms with van der Waals surface area (Å²) in [5.41, 5.74) is 0.535. The molecule has 1 heterocycles. The third kappa shape index (κ3) is 6.33. The van der Waals surface area contributed by atoms with Crippen molar-refractivity contribution in [3.63, 3.8) is 0 Å². The summed E-state index contributed by atoms with van der Waals surface area (Å²) in [4.78, 5) is 4.12. The molecule has 3 rings (SSSR count). The van der Waals surface area contributed by atoms with Gasteiger partial charge in [-0.15, -0.1) is 0 Å². The van der Waals surface area contributed by atoms with E-state index < -0.39 is 5.60 Å². The summed E-state index contributed by atoms with van der Waals surface area (Å²) < 4.78 is 15.4. The summed E-state index contributed by atoms with van der Waals surface area (Å²) in [6.07, 6.45) is 3.30. The van der Waals surface area contributed by atoms with Gasteiger partial charge in [0.25, 0.3) is 0 Å². The van der Waals surface area contributed by atoms with E-state index in [0.29, 0.717) is 26.7 Å². The third-order valence-corrected chi connectivity index (χ3v) is 4.19. The van der Waals surface area contributed by atoms with Crippen molar-refractivity contribution in [2.24, 2.45) is 0 Å². The Hall–Kier alpha value is -0.851. The Morgan fingerprint density at radius 2 is 1.37 bits per heavy atom. The predicted molar refractivity (Wildman–Crippen MR) is 101 cm³/mol. The average Bonchev–Trinajstić information content (AvgIpc) is 2.72. The monoisotopic (exact) mass is 494 g/mol. The maximum atomic E-state index is 11.5. The average molecular weight is 497 g/mol. The number of benzene rings is 2. The summed E-state index contributed by atoms with van der Waals surface area (Å²) >= 11 is 19.1. The third-order valence-electron chi connectivity index (χ3n) is 3.60. The molecule has 0 amide bonds. The number of hydrogen-bond donors (Lipinski definition) is 1. The molecule has 1 N–H and O–H groups in total. The molecule has 0 saturated carbocycles. The summed E-state index contributed by atoms with van der Waals surface area (Å²) in [5.74, 6) is 0. The van der Waals surface area contributed by atoms with Crippen molar-refractivity contribution in [3.8, 4) is 0 Å². The van der Waals surface area contributed by atoms with Crippen LogP contribution in [0.4, 0.5) is 0 Å². The van der Waals surface area contributed by atoms with Crippen molar-refractivity contribution in [1.82, 2.24) is 4.98 Å². The van der Waals surface area contributed by atoms with Gasteiger partial charge in [0.2, 0.25) is 0 Å². The van der Waals surface area contributed by atoms with Crippen LogP contribution in [0.2, 0.25) is 10.0 Å². The number of hydrogen-bond acceptors (Lipinski definition) is 4. The SMILES string of the molecule is OC(c1ccc(Cl)cc1)(c1cccnc1)c1ccccc1Cl.[Cu+2].[O-]Cl.[O-]Cl. The molecule has 4 nitrogen and oxygen atoms in total. The quantitative estimate of drug-likeness (QED) is 0.561. The Morgan fingerprint density at radius 1 is 0.778 bits per heavy atom. The van der Waals surface area contributed by atoms with Crippen LogP contribution in [0.3, 0.4) is 0 Å². The molecule has 0 fully saturated rings. The molecular weight excluding hydrogens is 484 g/mol. The fraction of sp³-hybridized carbons (Fsp3) is 0.0556. The molecular formula is C18H13Cl4CuNO3. The Morgan fingerprint density at radius 3 is 1.89 bits per heavy atom. The van der Waals surface area contributed by atoms with Crippen LogP contribution in [-0.2, 0) is 22.7 Å². The number of aromatic nitrogens is 1. The predicted octanol–water partition coefficient (Wildman–Crippen LogP) is 3.67. The van der Waals surface area contributed by atoms with E-state index in [9.17, 15) is 5.11 Å². The van der Waals surface area contributed by atoms with Gasteiger partial charge in [0.05, 0.1) is 0 Å². The zero-order chi connectivity index (χ0) is 19.6. The van der Waals surface area contributed by atoms with Crippen molar-refractivity contribution >= 4 is 46.9 Å². The first-order chi connectivity index (χ1) is 12.6. The van der Waals surface area contributed by atoms with E-state index in [2.05, 4.69) is 28.7 Å². The molecule has 0 spiro atoms. The first-order valence-corrected chi connectivity index (χ1v) is 8.44. The molecule has 0 aliphatic rings. The molecule has 1 aromatic heterocycles. The molecule has 0 aliphatic heterocycles. The number of nitrogens with zero attached hydrogens (tertiary/aromatic N) is 1. The maximum Gasteiger partial charge on any atom is 2.00 e. The number of halogens is 4. The first-order valence-electron chi connectivity index (χ1n) is 7.07. The minimum absolute atomic E-state index is 0. The summed E-state index contributed by atoms with van der Waals surface area (Å²) in [5, 5.41) is 12.6. The van der Waals surface area contributed by atoms with Gasteiger partial charge in [-0.1, -0.05) is 59.6 Å². The van der Waals surface area contributed by atoms with Crippen LogP contribution in [-0.4, -0.2) is 10.1 Å². The molecule has 0 saturated heterocycles. The Bertz CT molecular complexity index is 794. The minimum Gasteiger partial charge on any atom is -0.769 e. The minimum atomic E-state index is -1.39. The van der Waals surface area contributed by atoms with Crippen LogP contribution in [0.25, 0.3) is 0 Å². The van der Waals surface area contributed by atoms with Crippen LogP contribution >= 0.6 is 46.9 Å². The van der Waals surface area contributed by atoms with Gasteiger partial charge >= 0.3 is 17.1 Å². The van der Waals surface area contributed by atoms with Crippen LogP contribution in [0.15, 0.2) is 73.1 Å². The molecule has 9 heteroatoms. The normalized spacial score (nSPS) is 11.5. The maximum absolute atomic E-state index is 11.5. The van der Waals surface area contributed by atoms with Crippen molar-refractivity contribution < 1.29 is 31.5 Å². The second kappa shape index (κ2) is 13.3. The summed E-state index contributed by atoms with van der Waals surface area (Å²) in [7, 11) is 0. The van der Waals surface area contributed by atoms with Gasteiger partial charge in [-0.2, -0.15) is 0 Å². The number of pyridine rings is 1. The fourth-order valence-corrected chi connectivity index (χ4v) is 2.90. The first kappa shape index (κ1) is 26.1. The topological polar surface area (TPSA) is 79.2 Å². The van der Waals surface area contributed by atoms with E-state index >= 15 is 0 Å². The van der Waals surface area contributed by atoms with Gasteiger partial charge in [0.15, 0.2) is 0 Å². The number of rotatable bonds is 3. The second-order valence-electron chi connectivity index (χ2n) is 4.94. The van der Waals surface area contributed by atoms with E-state index in [4.69, 9.17) is 32.5 Å². The molecule has 1 radical (unpaired) electrons. The van der Waals surface area contributed by atoms with E-state index in [0.717, 1.165) is 0 Å². The zero-order valence-electron chi connectivity index (χ0n) is 13.5. The van der Waals surface area contributed by atoms with Gasteiger partial charge in [-0.25, -0.2) is 23.7 Å². The van der Waals surface area contributed by atoms with Gasteiger partial charge in [-0.3, -0.25) is 4.98 Å². The Labute approximate surface area is 188 Å². The molecule has 2 aromatic carbocycles. The van der Waals surface area contributed by atoms with Gasteiger partial charge < -0.3 is 14.4 Å². The van der Waals surface area contributed by atoms with E-state index in [-0.39, 0.29) is 17.1 Å². The van der Waals surface area contributed by atoms with Gasteiger partial charge in [0, 0.05) is 33.6 Å². The van der Waals surface area contributed by atoms with Crippen LogP contribution < -0.4 is 9.32 Å². The van der Waals surface area contributed by atoms with Crippen LogP contribution in [0.5, 0.6) is 0 Å². The van der Waals surface area contributed by atoms with E-state index in [1.165, 1.54) is 0 Å². The van der Waals surface area contributed by atoms with Crippen molar-refractivity contribution in [2.75, 3.05) is 0 Å². The van der Waals surface area contributed by atoms with E-state index in [1.807, 2.05) is 24.3 Å². The summed E-state index contributed by atoms with van der Waals surface area (Å²) in [6, 6.07) is 17.9. The molecule has 1 unspecified atom stereocenters. The second-order valence-corrected chi connectivity index (χ2v) is 5.78. The fourth-order valence-electron chi connectivity index (χ4n) is 2.50. The largest absolute Gasteiger partial charge is 2.00 e. The van der Waals surface area contributed by atoms with Crippen LogP contribution in [0, 0.1) is 0 Å². The van der Waals surface area contributed by atoms with E-state index in [1.54, 1.807) is 48.8 Å². The molecule has 0 aliphatic carbocycles. The van der Waals surface area contributed by atoms with Crippen molar-refractivity contribution in [1.29, 1.82) is 0 Å². The molecule has 0 bridgehead atoms. The molecule has 27 heavy (non-hydrogen) atoms. The zero-order valence-corrected chi connectivity index (χ0v) is 17.4. The van der Waals surface area contributed by atoms with Gasteiger partial charge in [0.1, 0.15) is 5.60 Å². The Kier molecular flexibility index (Phi) is 12.9.